The summed E-state index contributed by atoms with van der Waals surface area (Å²) in [6.45, 7) is 4.10. The molecule has 0 aromatic carbocycles. The summed E-state index contributed by atoms with van der Waals surface area (Å²) >= 11 is 7.35. The van der Waals surface area contributed by atoms with Crippen molar-refractivity contribution < 1.29 is 43.5 Å². The molecule has 4 aromatic rings. The molecular formula is C28H30ClF2N7O7S. The molecule has 6 rings (SSSR count). The molecule has 0 amide bonds. The third-order valence-electron chi connectivity index (χ3n) is 7.79. The van der Waals surface area contributed by atoms with E-state index in [0.29, 0.717) is 35.1 Å². The highest BCUT2D eigenvalue weighted by Gasteiger charge is 2.51. The minimum absolute atomic E-state index is 0.0337. The number of nitrogens with zero attached hydrogens (tertiary/aromatic N) is 7. The average molecular weight is 682 g/mol. The van der Waals surface area contributed by atoms with Crippen LogP contribution in [0.3, 0.4) is 0 Å². The number of likely N-dealkylation sites (tertiary alicyclic amines) is 1. The summed E-state index contributed by atoms with van der Waals surface area (Å²) in [5, 5.41) is 45.2. The number of carboxylic acid groups (broad SMARTS) is 2. The Morgan fingerprint density at radius 2 is 1.80 bits per heavy atom. The van der Waals surface area contributed by atoms with Crippen LogP contribution in [-0.2, 0) is 38.9 Å². The van der Waals surface area contributed by atoms with Gasteiger partial charge in [0.05, 0.1) is 22.8 Å². The molecule has 2 atom stereocenters. The van der Waals surface area contributed by atoms with Gasteiger partial charge in [-0.25, -0.2) is 23.9 Å². The van der Waals surface area contributed by atoms with E-state index in [2.05, 4.69) is 20.2 Å². The minimum atomic E-state index is -2.99. The number of carbonyl (C=O) groups is 2. The van der Waals surface area contributed by atoms with Crippen molar-refractivity contribution in [1.82, 2.24) is 34.7 Å². The lowest BCUT2D eigenvalue weighted by Gasteiger charge is -2.45. The number of rotatable bonds is 8. The molecule has 0 unspecified atom stereocenters. The molecule has 2 aliphatic rings. The van der Waals surface area contributed by atoms with Crippen LogP contribution < -0.4 is 0 Å². The summed E-state index contributed by atoms with van der Waals surface area (Å²) in [6.07, 6.45) is 3.97. The first-order valence-electron chi connectivity index (χ1n) is 14.0. The van der Waals surface area contributed by atoms with Crippen LogP contribution in [0.15, 0.2) is 43.0 Å². The van der Waals surface area contributed by atoms with E-state index in [9.17, 15) is 18.4 Å². The zero-order valence-corrected chi connectivity index (χ0v) is 25.9. The topological polar surface area (TPSA) is 189 Å². The Hall–Kier alpha value is -3.87. The smallest absolute Gasteiger partial charge is 0.335 e. The van der Waals surface area contributed by atoms with Crippen LogP contribution in [0.25, 0.3) is 5.82 Å². The predicted octanol–water partition coefficient (Wildman–Crippen LogP) is 2.42. The standard InChI is InChI=1S/C24H24ClF2N7OS.C4H6O6/c1-16-18(14-34(30-16)22-17(3-2-6-28-22)13-33-10-7-29-31-33)12-32-8-4-23(5-9-32)21-19(11-20(25)36-21)24(26,27)15-35-23;5-1(3(7)8)2(6)4(9)10/h2-3,6-7,10-11,14H,4-5,8-9,12-13,15H2,1H3;1-2,5-6H,(H,7,8)(H,9,10)/t;1-,2-/m.1/s1. The van der Waals surface area contributed by atoms with Gasteiger partial charge in [0.1, 0.15) is 12.2 Å². The number of piperidine rings is 1. The van der Waals surface area contributed by atoms with Gasteiger partial charge in [-0.15, -0.1) is 16.4 Å². The van der Waals surface area contributed by atoms with Crippen molar-refractivity contribution >= 4 is 34.9 Å². The first-order valence-corrected chi connectivity index (χ1v) is 15.2. The monoisotopic (exact) mass is 681 g/mol. The van der Waals surface area contributed by atoms with Crippen molar-refractivity contribution in [2.75, 3.05) is 19.7 Å². The Morgan fingerprint density at radius 1 is 1.11 bits per heavy atom. The number of carboxylic acids is 2. The third kappa shape index (κ3) is 7.08. The number of aromatic nitrogens is 6. The molecule has 0 aliphatic carbocycles. The summed E-state index contributed by atoms with van der Waals surface area (Å²) < 4.78 is 38.6. The van der Waals surface area contributed by atoms with Crippen LogP contribution in [0.2, 0.25) is 4.34 Å². The van der Waals surface area contributed by atoms with Crippen LogP contribution in [-0.4, -0.2) is 98.9 Å². The number of halogens is 3. The highest BCUT2D eigenvalue weighted by atomic mass is 35.5. The van der Waals surface area contributed by atoms with E-state index in [1.54, 1.807) is 17.1 Å². The molecule has 4 aromatic heterocycles. The second-order valence-corrected chi connectivity index (χ2v) is 12.6. The lowest BCUT2D eigenvalue weighted by atomic mass is 9.84. The van der Waals surface area contributed by atoms with E-state index >= 15 is 0 Å². The van der Waals surface area contributed by atoms with E-state index in [1.807, 2.05) is 36.1 Å². The van der Waals surface area contributed by atoms with Gasteiger partial charge in [-0.1, -0.05) is 22.9 Å². The number of pyridine rings is 1. The maximum absolute atomic E-state index is 14.4. The number of aliphatic carboxylic acids is 2. The van der Waals surface area contributed by atoms with E-state index in [4.69, 9.17) is 41.9 Å². The first kappa shape index (κ1) is 33.5. The van der Waals surface area contributed by atoms with Gasteiger partial charge in [0.25, 0.3) is 5.92 Å². The highest BCUT2D eigenvalue weighted by Crippen LogP contribution is 2.52. The summed E-state index contributed by atoms with van der Waals surface area (Å²) in [6, 6.07) is 5.31. The number of aliphatic hydroxyl groups is 2. The van der Waals surface area contributed by atoms with E-state index < -0.39 is 42.3 Å². The van der Waals surface area contributed by atoms with Crippen molar-refractivity contribution in [3.8, 4) is 5.82 Å². The molecule has 0 saturated carbocycles. The molecule has 46 heavy (non-hydrogen) atoms. The average Bonchev–Trinajstić information content (AvgIpc) is 3.77. The van der Waals surface area contributed by atoms with Gasteiger partial charge >= 0.3 is 11.9 Å². The highest BCUT2D eigenvalue weighted by molar-refractivity contribution is 7.16. The largest absolute Gasteiger partial charge is 0.479 e. The SMILES string of the molecule is Cc1nn(-c2ncccc2Cn2ccnn2)cc1CN1CCC2(CC1)OCC(F)(F)c1cc(Cl)sc12.O=C(O)[C@H](O)[C@@H](O)C(=O)O. The lowest BCUT2D eigenvalue weighted by Crippen LogP contribution is -2.48. The molecule has 18 heteroatoms. The molecule has 4 N–H and O–H groups in total. The molecule has 246 valence electrons. The summed E-state index contributed by atoms with van der Waals surface area (Å²) in [4.78, 5) is 27.0. The Balaban J connectivity index is 0.000000362. The number of aliphatic hydroxyl groups excluding tert-OH is 2. The fourth-order valence-corrected chi connectivity index (χ4v) is 6.79. The van der Waals surface area contributed by atoms with Crippen molar-refractivity contribution in [3.63, 3.8) is 0 Å². The van der Waals surface area contributed by atoms with Gasteiger partial charge in [0, 0.05) is 59.8 Å². The Morgan fingerprint density at radius 3 is 2.43 bits per heavy atom. The number of hydrogen-bond acceptors (Lipinski definition) is 11. The van der Waals surface area contributed by atoms with Crippen LogP contribution in [0.5, 0.6) is 0 Å². The normalized spacial score (nSPS) is 18.3. The van der Waals surface area contributed by atoms with Gasteiger partial charge in [-0.3, -0.25) is 4.90 Å². The number of hydrogen-bond donors (Lipinski definition) is 4. The third-order valence-corrected chi connectivity index (χ3v) is 9.24. The number of ether oxygens (including phenoxy) is 1. The maximum Gasteiger partial charge on any atom is 0.335 e. The van der Waals surface area contributed by atoms with Crippen LogP contribution in [0, 0.1) is 6.92 Å². The van der Waals surface area contributed by atoms with Gasteiger partial charge in [0.2, 0.25) is 0 Å². The first-order chi connectivity index (χ1) is 21.8. The second-order valence-electron chi connectivity index (χ2n) is 10.9. The molecule has 14 nitrogen and oxygen atoms in total. The fourth-order valence-electron chi connectivity index (χ4n) is 5.31. The number of alkyl halides is 2. The van der Waals surface area contributed by atoms with Crippen molar-refractivity contribution in [2.45, 2.75) is 56.6 Å². The van der Waals surface area contributed by atoms with Gasteiger partial charge in [-0.05, 0) is 31.9 Å². The van der Waals surface area contributed by atoms with Crippen molar-refractivity contribution in [2.24, 2.45) is 0 Å². The van der Waals surface area contributed by atoms with E-state index in [1.165, 1.54) is 17.4 Å². The number of aryl methyl sites for hydroxylation is 1. The summed E-state index contributed by atoms with van der Waals surface area (Å²) in [7, 11) is 0. The van der Waals surface area contributed by atoms with E-state index in [-0.39, 0.29) is 5.56 Å². The fraction of sp³-hybridized carbons (Fsp3) is 0.429. The molecule has 6 heterocycles. The van der Waals surface area contributed by atoms with Crippen LogP contribution in [0.4, 0.5) is 8.78 Å². The molecule has 2 aliphatic heterocycles. The van der Waals surface area contributed by atoms with Gasteiger partial charge in [0.15, 0.2) is 18.0 Å². The van der Waals surface area contributed by atoms with Crippen LogP contribution >= 0.6 is 22.9 Å². The van der Waals surface area contributed by atoms with Gasteiger partial charge in [-0.2, -0.15) is 13.9 Å². The quantitative estimate of drug-likeness (QED) is 0.213. The van der Waals surface area contributed by atoms with Crippen molar-refractivity contribution in [1.29, 1.82) is 0 Å². The van der Waals surface area contributed by atoms with E-state index in [0.717, 1.165) is 35.7 Å². The molecule has 1 spiro atoms. The van der Waals surface area contributed by atoms with Crippen molar-refractivity contribution in [3.05, 3.63) is 74.6 Å². The Kier molecular flexibility index (Phi) is 9.81. The molecule has 0 bridgehead atoms. The zero-order chi connectivity index (χ0) is 33.2. The predicted molar refractivity (Wildman–Crippen MR) is 158 cm³/mol. The maximum atomic E-state index is 14.4. The summed E-state index contributed by atoms with van der Waals surface area (Å²) in [5.41, 5.74) is 2.35. The molecule has 0 radical (unpaired) electrons. The lowest BCUT2D eigenvalue weighted by molar-refractivity contribution is -0.182. The Labute approximate surface area is 269 Å². The zero-order valence-electron chi connectivity index (χ0n) is 24.3. The molecule has 1 saturated heterocycles. The summed E-state index contributed by atoms with van der Waals surface area (Å²) in [5.74, 6) is -5.78. The van der Waals surface area contributed by atoms with Gasteiger partial charge < -0.3 is 25.2 Å². The Bertz CT molecular complexity index is 1670. The number of fused-ring (bicyclic) bond motifs is 2. The second kappa shape index (κ2) is 13.5. The molecular weight excluding hydrogens is 652 g/mol. The van der Waals surface area contributed by atoms with Crippen LogP contribution in [0.1, 0.15) is 40.1 Å². The molecule has 1 fully saturated rings. The minimum Gasteiger partial charge on any atom is -0.479 e. The number of thiophene rings is 1.